The zero-order valence-corrected chi connectivity index (χ0v) is 15.0. The van der Waals surface area contributed by atoms with Gasteiger partial charge in [-0.05, 0) is 75.4 Å². The molecule has 2 saturated heterocycles. The summed E-state index contributed by atoms with van der Waals surface area (Å²) in [5, 5.41) is 0. The van der Waals surface area contributed by atoms with Gasteiger partial charge in [-0.2, -0.15) is 0 Å². The number of hydrogen-bond acceptors (Lipinski definition) is 2. The van der Waals surface area contributed by atoms with E-state index in [1.807, 2.05) is 12.1 Å². The first-order valence-corrected chi connectivity index (χ1v) is 9.56. The van der Waals surface area contributed by atoms with Crippen molar-refractivity contribution in [1.82, 2.24) is 9.80 Å². The lowest BCUT2D eigenvalue weighted by Gasteiger charge is -2.40. The zero-order chi connectivity index (χ0) is 16.9. The molecule has 0 spiro atoms. The van der Waals surface area contributed by atoms with Gasteiger partial charge in [0.1, 0.15) is 5.82 Å². The average Bonchev–Trinajstić information content (AvgIpc) is 2.64. The van der Waals surface area contributed by atoms with Crippen LogP contribution in [0.4, 0.5) is 4.39 Å². The van der Waals surface area contributed by atoms with Crippen LogP contribution in [0.5, 0.6) is 0 Å². The minimum atomic E-state index is -0.140. The Labute approximate surface area is 146 Å². The normalized spacial score (nSPS) is 21.2. The van der Waals surface area contributed by atoms with E-state index in [1.165, 1.54) is 56.6 Å². The molecule has 2 heterocycles. The second kappa shape index (κ2) is 8.15. The highest BCUT2D eigenvalue weighted by Gasteiger charge is 2.26. The van der Waals surface area contributed by atoms with E-state index in [0.29, 0.717) is 5.92 Å². The van der Waals surface area contributed by atoms with E-state index in [9.17, 15) is 4.39 Å². The topological polar surface area (TPSA) is 6.48 Å². The summed E-state index contributed by atoms with van der Waals surface area (Å²) >= 11 is 0. The minimum absolute atomic E-state index is 0.140. The molecule has 0 aromatic heterocycles. The maximum absolute atomic E-state index is 13.0. The van der Waals surface area contributed by atoms with Gasteiger partial charge in [0.15, 0.2) is 0 Å². The first-order valence-electron chi connectivity index (χ1n) is 9.56. The molecule has 2 aliphatic heterocycles. The predicted molar refractivity (Wildman–Crippen MR) is 98.4 cm³/mol. The maximum atomic E-state index is 13.0. The molecule has 0 radical (unpaired) electrons. The maximum Gasteiger partial charge on any atom is 0.123 e. The lowest BCUT2D eigenvalue weighted by atomic mass is 9.88. The van der Waals surface area contributed by atoms with Crippen LogP contribution in [0.25, 0.3) is 0 Å². The summed E-state index contributed by atoms with van der Waals surface area (Å²) in [5.74, 6) is 1.27. The van der Waals surface area contributed by atoms with Crippen LogP contribution in [-0.2, 0) is 6.42 Å². The molecule has 0 saturated carbocycles. The van der Waals surface area contributed by atoms with Crippen molar-refractivity contribution >= 4 is 0 Å². The molecule has 0 aliphatic carbocycles. The van der Waals surface area contributed by atoms with Gasteiger partial charge in [0, 0.05) is 24.7 Å². The van der Waals surface area contributed by atoms with E-state index in [2.05, 4.69) is 23.3 Å². The molecule has 0 atom stereocenters. The molecule has 0 unspecified atom stereocenters. The summed E-state index contributed by atoms with van der Waals surface area (Å²) in [5.41, 5.74) is 2.64. The highest BCUT2D eigenvalue weighted by Crippen LogP contribution is 2.30. The van der Waals surface area contributed by atoms with Crippen LogP contribution in [0.1, 0.15) is 38.2 Å². The van der Waals surface area contributed by atoms with Gasteiger partial charge in [-0.15, -0.1) is 0 Å². The van der Waals surface area contributed by atoms with Crippen molar-refractivity contribution in [3.05, 3.63) is 47.9 Å². The lowest BCUT2D eigenvalue weighted by Crippen LogP contribution is -2.40. The van der Waals surface area contributed by atoms with Gasteiger partial charge in [-0.25, -0.2) is 4.39 Å². The minimum Gasteiger partial charge on any atom is -0.375 e. The molecule has 2 aliphatic rings. The highest BCUT2D eigenvalue weighted by molar-refractivity contribution is 5.17. The van der Waals surface area contributed by atoms with E-state index >= 15 is 0 Å². The molecular formula is C21H31FN2. The summed E-state index contributed by atoms with van der Waals surface area (Å²) in [7, 11) is 0. The number of allylic oxidation sites excluding steroid dienone is 1. The molecule has 0 amide bonds. The largest absolute Gasteiger partial charge is 0.375 e. The average molecular weight is 330 g/mol. The van der Waals surface area contributed by atoms with Gasteiger partial charge < -0.3 is 9.80 Å². The molecule has 3 rings (SSSR count). The van der Waals surface area contributed by atoms with Crippen LogP contribution in [0.2, 0.25) is 0 Å². The Morgan fingerprint density at radius 3 is 2.25 bits per heavy atom. The third-order valence-corrected chi connectivity index (χ3v) is 5.96. The summed E-state index contributed by atoms with van der Waals surface area (Å²) in [6, 6.07) is 7.02. The molecule has 0 N–H and O–H groups in total. The molecule has 1 aromatic carbocycles. The van der Waals surface area contributed by atoms with Crippen LogP contribution in [-0.4, -0.2) is 42.5 Å². The van der Waals surface area contributed by atoms with Gasteiger partial charge in [-0.3, -0.25) is 0 Å². The summed E-state index contributed by atoms with van der Waals surface area (Å²) in [6.45, 7) is 12.6. The van der Waals surface area contributed by atoms with Crippen LogP contribution < -0.4 is 0 Å². The fraction of sp³-hybridized carbons (Fsp3) is 0.619. The predicted octanol–water partition coefficient (Wildman–Crippen LogP) is 4.33. The van der Waals surface area contributed by atoms with Gasteiger partial charge in [0.05, 0.1) is 0 Å². The van der Waals surface area contributed by atoms with Crippen molar-refractivity contribution in [3.8, 4) is 0 Å². The van der Waals surface area contributed by atoms with E-state index < -0.39 is 0 Å². The van der Waals surface area contributed by atoms with Crippen molar-refractivity contribution in [1.29, 1.82) is 0 Å². The highest BCUT2D eigenvalue weighted by atomic mass is 19.1. The van der Waals surface area contributed by atoms with Crippen LogP contribution in [0.15, 0.2) is 36.5 Å². The second-order valence-corrected chi connectivity index (χ2v) is 7.46. The molecule has 2 nitrogen and oxygen atoms in total. The lowest BCUT2D eigenvalue weighted by molar-refractivity contribution is 0.161. The molecular weight excluding hydrogens is 299 g/mol. The Morgan fingerprint density at radius 1 is 1.04 bits per heavy atom. The first-order chi connectivity index (χ1) is 11.7. The standard InChI is InChI=1S/C21H31FN2/c1-3-23-12-10-20(11-13-23)17(2)24-14-8-19(9-15-24)16-18-4-6-21(22)7-5-18/h4-7,19-20H,2-3,8-16H2,1H3. The molecule has 24 heavy (non-hydrogen) atoms. The Balaban J connectivity index is 1.44. The van der Waals surface area contributed by atoms with Crippen molar-refractivity contribution < 1.29 is 4.39 Å². The molecule has 2 fully saturated rings. The Hall–Kier alpha value is -1.35. The number of benzene rings is 1. The molecule has 132 valence electrons. The quantitative estimate of drug-likeness (QED) is 0.793. The van der Waals surface area contributed by atoms with Crippen molar-refractivity contribution in [2.45, 2.75) is 39.0 Å². The fourth-order valence-electron chi connectivity index (χ4n) is 4.22. The summed E-state index contributed by atoms with van der Waals surface area (Å²) < 4.78 is 13.0. The summed E-state index contributed by atoms with van der Waals surface area (Å²) in [4.78, 5) is 5.08. The Kier molecular flexibility index (Phi) is 5.94. The van der Waals surface area contributed by atoms with Crippen LogP contribution in [0.3, 0.4) is 0 Å². The third kappa shape index (κ3) is 4.38. The van der Waals surface area contributed by atoms with E-state index in [4.69, 9.17) is 0 Å². The number of hydrogen-bond donors (Lipinski definition) is 0. The number of nitrogens with zero attached hydrogens (tertiary/aromatic N) is 2. The number of rotatable bonds is 5. The van der Waals surface area contributed by atoms with Gasteiger partial charge in [0.2, 0.25) is 0 Å². The van der Waals surface area contributed by atoms with Crippen molar-refractivity contribution in [2.24, 2.45) is 11.8 Å². The van der Waals surface area contributed by atoms with Crippen molar-refractivity contribution in [3.63, 3.8) is 0 Å². The summed E-state index contributed by atoms with van der Waals surface area (Å²) in [6.07, 6.45) is 6.06. The molecule has 1 aromatic rings. The number of halogens is 1. The smallest absolute Gasteiger partial charge is 0.123 e. The first kappa shape index (κ1) is 17.5. The molecule has 0 bridgehead atoms. The Morgan fingerprint density at radius 2 is 1.67 bits per heavy atom. The van der Waals surface area contributed by atoms with Crippen molar-refractivity contribution in [2.75, 3.05) is 32.7 Å². The number of piperidine rings is 2. The van der Waals surface area contributed by atoms with E-state index in [1.54, 1.807) is 12.1 Å². The Bertz CT molecular complexity index is 523. The third-order valence-electron chi connectivity index (χ3n) is 5.96. The monoisotopic (exact) mass is 330 g/mol. The van der Waals surface area contributed by atoms with Crippen LogP contribution in [0, 0.1) is 17.7 Å². The number of likely N-dealkylation sites (tertiary alicyclic amines) is 2. The van der Waals surface area contributed by atoms with Gasteiger partial charge in [0.25, 0.3) is 0 Å². The van der Waals surface area contributed by atoms with E-state index in [-0.39, 0.29) is 5.82 Å². The van der Waals surface area contributed by atoms with Gasteiger partial charge >= 0.3 is 0 Å². The fourth-order valence-corrected chi connectivity index (χ4v) is 4.22. The van der Waals surface area contributed by atoms with Gasteiger partial charge in [-0.1, -0.05) is 25.6 Å². The van der Waals surface area contributed by atoms with Crippen LogP contribution >= 0.6 is 0 Å². The second-order valence-electron chi connectivity index (χ2n) is 7.46. The molecule has 3 heteroatoms. The zero-order valence-electron chi connectivity index (χ0n) is 15.0. The SMILES string of the molecule is C=C(C1CCN(CC)CC1)N1CCC(Cc2ccc(F)cc2)CC1. The van der Waals surface area contributed by atoms with E-state index in [0.717, 1.165) is 25.4 Å².